The summed E-state index contributed by atoms with van der Waals surface area (Å²) in [6.07, 6.45) is 1.55. The number of hydrogen-bond donors (Lipinski definition) is 2. The number of ether oxygens (including phenoxy) is 1. The summed E-state index contributed by atoms with van der Waals surface area (Å²) in [7, 11) is 0. The van der Waals surface area contributed by atoms with Gasteiger partial charge < -0.3 is 15.6 Å². The maximum atomic E-state index is 10.5. The highest BCUT2D eigenvalue weighted by Crippen LogP contribution is 2.19. The second-order valence-corrected chi connectivity index (χ2v) is 3.38. The van der Waals surface area contributed by atoms with Gasteiger partial charge in [0.1, 0.15) is 12.4 Å². The van der Waals surface area contributed by atoms with Crippen LogP contribution in [0.1, 0.15) is 18.0 Å². The molecule has 0 spiro atoms. The fraction of sp³-hybridized carbons (Fsp3) is 0.250. The van der Waals surface area contributed by atoms with Gasteiger partial charge >= 0.3 is 5.97 Å². The summed E-state index contributed by atoms with van der Waals surface area (Å²) < 4.78 is 5.33. The summed E-state index contributed by atoms with van der Waals surface area (Å²) in [5, 5.41) is 8.63. The van der Waals surface area contributed by atoms with Crippen LogP contribution in [0.5, 0.6) is 5.75 Å². The molecule has 0 radical (unpaired) electrons. The second-order valence-electron chi connectivity index (χ2n) is 3.38. The molecule has 0 aliphatic heterocycles. The van der Waals surface area contributed by atoms with E-state index in [0.717, 1.165) is 5.56 Å². The van der Waals surface area contributed by atoms with E-state index < -0.39 is 12.0 Å². The van der Waals surface area contributed by atoms with Crippen LogP contribution in [-0.2, 0) is 4.79 Å². The van der Waals surface area contributed by atoms with E-state index in [1.165, 1.54) is 0 Å². The van der Waals surface area contributed by atoms with Gasteiger partial charge in [0.25, 0.3) is 0 Å². The van der Waals surface area contributed by atoms with E-state index >= 15 is 0 Å². The third-order valence-corrected chi connectivity index (χ3v) is 2.05. The molecule has 1 rings (SSSR count). The van der Waals surface area contributed by atoms with Crippen molar-refractivity contribution in [3.05, 3.63) is 42.5 Å². The maximum Gasteiger partial charge on any atom is 0.305 e. The molecule has 4 heteroatoms. The first kappa shape index (κ1) is 12.3. The SMILES string of the molecule is C=CCOc1cccc(C(N)CC(=O)O)c1. The first-order chi connectivity index (χ1) is 7.63. The van der Waals surface area contributed by atoms with E-state index in [4.69, 9.17) is 15.6 Å². The predicted octanol–water partition coefficient (Wildman–Crippen LogP) is 1.73. The normalized spacial score (nSPS) is 11.8. The lowest BCUT2D eigenvalue weighted by Crippen LogP contribution is -2.14. The summed E-state index contributed by atoms with van der Waals surface area (Å²) in [4.78, 5) is 10.5. The Hall–Kier alpha value is -1.81. The van der Waals surface area contributed by atoms with Gasteiger partial charge in [0.15, 0.2) is 0 Å². The first-order valence-corrected chi connectivity index (χ1v) is 4.94. The van der Waals surface area contributed by atoms with Crippen LogP contribution in [-0.4, -0.2) is 17.7 Å². The molecule has 86 valence electrons. The van der Waals surface area contributed by atoms with Gasteiger partial charge in [-0.25, -0.2) is 0 Å². The average molecular weight is 221 g/mol. The van der Waals surface area contributed by atoms with Crippen molar-refractivity contribution in [1.29, 1.82) is 0 Å². The lowest BCUT2D eigenvalue weighted by Gasteiger charge is -2.11. The molecule has 0 aliphatic rings. The molecule has 4 nitrogen and oxygen atoms in total. The molecule has 1 atom stereocenters. The van der Waals surface area contributed by atoms with Crippen molar-refractivity contribution in [3.8, 4) is 5.75 Å². The molecule has 16 heavy (non-hydrogen) atoms. The van der Waals surface area contributed by atoms with E-state index in [2.05, 4.69) is 6.58 Å². The largest absolute Gasteiger partial charge is 0.490 e. The van der Waals surface area contributed by atoms with E-state index in [9.17, 15) is 4.79 Å². The number of aliphatic carboxylic acids is 1. The number of benzene rings is 1. The van der Waals surface area contributed by atoms with Gasteiger partial charge in [-0.1, -0.05) is 24.8 Å². The van der Waals surface area contributed by atoms with E-state index in [-0.39, 0.29) is 6.42 Å². The smallest absolute Gasteiger partial charge is 0.305 e. The van der Waals surface area contributed by atoms with Gasteiger partial charge in [0.2, 0.25) is 0 Å². The average Bonchev–Trinajstić information content (AvgIpc) is 2.26. The van der Waals surface area contributed by atoms with Crippen molar-refractivity contribution in [1.82, 2.24) is 0 Å². The van der Waals surface area contributed by atoms with Crippen molar-refractivity contribution in [3.63, 3.8) is 0 Å². The fourth-order valence-corrected chi connectivity index (χ4v) is 1.30. The molecule has 3 N–H and O–H groups in total. The van der Waals surface area contributed by atoms with E-state index in [0.29, 0.717) is 12.4 Å². The Morgan fingerprint density at radius 3 is 3.00 bits per heavy atom. The quantitative estimate of drug-likeness (QED) is 0.717. The van der Waals surface area contributed by atoms with Crippen LogP contribution in [0.25, 0.3) is 0 Å². The number of nitrogens with two attached hydrogens (primary N) is 1. The Morgan fingerprint density at radius 2 is 2.38 bits per heavy atom. The summed E-state index contributed by atoms with van der Waals surface area (Å²) in [5.41, 5.74) is 6.49. The summed E-state index contributed by atoms with van der Waals surface area (Å²) in [5.74, 6) is -0.247. The highest BCUT2D eigenvalue weighted by Gasteiger charge is 2.10. The number of carboxylic acids is 1. The minimum Gasteiger partial charge on any atom is -0.490 e. The minimum atomic E-state index is -0.912. The molecule has 0 saturated carbocycles. The van der Waals surface area contributed by atoms with Crippen molar-refractivity contribution >= 4 is 5.97 Å². The molecule has 0 amide bonds. The van der Waals surface area contributed by atoms with E-state index in [1.807, 2.05) is 0 Å². The molecular weight excluding hydrogens is 206 g/mol. The summed E-state index contributed by atoms with van der Waals surface area (Å²) in [6.45, 7) is 3.96. The Balaban J connectivity index is 2.72. The molecular formula is C12H15NO3. The second kappa shape index (κ2) is 5.92. The third kappa shape index (κ3) is 3.74. The lowest BCUT2D eigenvalue weighted by atomic mass is 10.0. The maximum absolute atomic E-state index is 10.5. The molecule has 0 aromatic heterocycles. The zero-order chi connectivity index (χ0) is 12.0. The zero-order valence-corrected chi connectivity index (χ0v) is 8.93. The molecule has 0 bridgehead atoms. The van der Waals surface area contributed by atoms with Crippen LogP contribution in [0.3, 0.4) is 0 Å². The van der Waals surface area contributed by atoms with E-state index in [1.54, 1.807) is 30.3 Å². The highest BCUT2D eigenvalue weighted by molar-refractivity contribution is 5.67. The first-order valence-electron chi connectivity index (χ1n) is 4.94. The lowest BCUT2D eigenvalue weighted by molar-refractivity contribution is -0.137. The summed E-state index contributed by atoms with van der Waals surface area (Å²) in [6, 6.07) is 6.60. The number of rotatable bonds is 6. The molecule has 0 fully saturated rings. The number of carboxylic acid groups (broad SMARTS) is 1. The Kier molecular flexibility index (Phi) is 4.54. The van der Waals surface area contributed by atoms with Crippen molar-refractivity contribution in [2.75, 3.05) is 6.61 Å². The predicted molar refractivity (Wildman–Crippen MR) is 61.3 cm³/mol. The van der Waals surface area contributed by atoms with Crippen LogP contribution in [0.4, 0.5) is 0 Å². The zero-order valence-electron chi connectivity index (χ0n) is 8.93. The molecule has 0 heterocycles. The summed E-state index contributed by atoms with van der Waals surface area (Å²) >= 11 is 0. The van der Waals surface area contributed by atoms with Crippen molar-refractivity contribution < 1.29 is 14.6 Å². The minimum absolute atomic E-state index is 0.0923. The van der Waals surface area contributed by atoms with Crippen LogP contribution in [0, 0.1) is 0 Å². The molecule has 0 saturated heterocycles. The van der Waals surface area contributed by atoms with Gasteiger partial charge in [-0.2, -0.15) is 0 Å². The molecule has 0 aliphatic carbocycles. The van der Waals surface area contributed by atoms with Crippen molar-refractivity contribution in [2.24, 2.45) is 5.73 Å². The Labute approximate surface area is 94.3 Å². The van der Waals surface area contributed by atoms with Gasteiger partial charge in [0.05, 0.1) is 6.42 Å². The molecule has 1 aromatic rings. The Bertz CT molecular complexity index is 376. The monoisotopic (exact) mass is 221 g/mol. The fourth-order valence-electron chi connectivity index (χ4n) is 1.30. The van der Waals surface area contributed by atoms with Gasteiger partial charge in [-0.15, -0.1) is 0 Å². The van der Waals surface area contributed by atoms with Crippen LogP contribution < -0.4 is 10.5 Å². The Morgan fingerprint density at radius 1 is 1.62 bits per heavy atom. The van der Waals surface area contributed by atoms with Crippen LogP contribution in [0.15, 0.2) is 36.9 Å². The number of carbonyl (C=O) groups is 1. The highest BCUT2D eigenvalue weighted by atomic mass is 16.5. The van der Waals surface area contributed by atoms with Gasteiger partial charge in [0, 0.05) is 6.04 Å². The van der Waals surface area contributed by atoms with Crippen molar-refractivity contribution in [2.45, 2.75) is 12.5 Å². The van der Waals surface area contributed by atoms with Crippen LogP contribution in [0.2, 0.25) is 0 Å². The molecule has 1 unspecified atom stereocenters. The topological polar surface area (TPSA) is 72.5 Å². The van der Waals surface area contributed by atoms with Crippen LogP contribution >= 0.6 is 0 Å². The molecule has 1 aromatic carbocycles. The standard InChI is InChI=1S/C12H15NO3/c1-2-6-16-10-5-3-4-9(7-10)11(13)8-12(14)15/h2-5,7,11H,1,6,8,13H2,(H,14,15). The number of hydrogen-bond acceptors (Lipinski definition) is 3. The van der Waals surface area contributed by atoms with Gasteiger partial charge in [-0.3, -0.25) is 4.79 Å². The van der Waals surface area contributed by atoms with Gasteiger partial charge in [-0.05, 0) is 17.7 Å². The third-order valence-electron chi connectivity index (χ3n) is 2.05.